The average Bonchev–Trinajstić information content (AvgIpc) is 2.19. The van der Waals surface area contributed by atoms with Crippen molar-refractivity contribution in [1.82, 2.24) is 0 Å². The lowest BCUT2D eigenvalue weighted by Gasteiger charge is -2.10. The summed E-state index contributed by atoms with van der Waals surface area (Å²) in [5.74, 6) is 1.17. The average molecular weight is 223 g/mol. The van der Waals surface area contributed by atoms with Crippen LogP contribution >= 0.6 is 0 Å². The van der Waals surface area contributed by atoms with Crippen LogP contribution < -0.4 is 4.74 Å². The highest BCUT2D eigenvalue weighted by Crippen LogP contribution is 2.27. The molecule has 0 amide bonds. The summed E-state index contributed by atoms with van der Waals surface area (Å²) < 4.78 is 5.53. The highest BCUT2D eigenvalue weighted by atomic mass is 16.6. The Morgan fingerprint density at radius 3 is 2.69 bits per heavy atom. The number of hydrogen-bond acceptors (Lipinski definition) is 3. The highest BCUT2D eigenvalue weighted by Gasteiger charge is 2.13. The molecule has 0 aliphatic rings. The van der Waals surface area contributed by atoms with Crippen molar-refractivity contribution in [3.63, 3.8) is 0 Å². The minimum Gasteiger partial charge on any atom is -0.493 e. The molecule has 4 heteroatoms. The molecule has 0 atom stereocenters. The summed E-state index contributed by atoms with van der Waals surface area (Å²) in [6.07, 6.45) is 0.947. The van der Waals surface area contributed by atoms with E-state index in [4.69, 9.17) is 4.74 Å². The summed E-state index contributed by atoms with van der Waals surface area (Å²) >= 11 is 0. The first-order valence-electron chi connectivity index (χ1n) is 5.39. The standard InChI is InChI=1S/C12H17NO3/c1-9(2)7-8-16-12-6-4-5-11(10(12)3)13(14)15/h4-6,9H,7-8H2,1-3H3. The van der Waals surface area contributed by atoms with Crippen LogP contribution in [0.25, 0.3) is 0 Å². The van der Waals surface area contributed by atoms with Crippen LogP contribution in [-0.2, 0) is 0 Å². The fourth-order valence-corrected chi connectivity index (χ4v) is 1.36. The largest absolute Gasteiger partial charge is 0.493 e. The van der Waals surface area contributed by atoms with Crippen LogP contribution in [0.2, 0.25) is 0 Å². The maximum Gasteiger partial charge on any atom is 0.276 e. The molecule has 0 saturated carbocycles. The second-order valence-corrected chi connectivity index (χ2v) is 4.19. The molecule has 1 aromatic rings. The van der Waals surface area contributed by atoms with Gasteiger partial charge in [0, 0.05) is 6.07 Å². The van der Waals surface area contributed by atoms with Gasteiger partial charge in [-0.25, -0.2) is 0 Å². The third-order valence-electron chi connectivity index (χ3n) is 2.40. The molecule has 0 N–H and O–H groups in total. The van der Waals surface area contributed by atoms with Crippen molar-refractivity contribution in [2.45, 2.75) is 27.2 Å². The van der Waals surface area contributed by atoms with Gasteiger partial charge in [0.15, 0.2) is 0 Å². The van der Waals surface area contributed by atoms with E-state index < -0.39 is 0 Å². The monoisotopic (exact) mass is 223 g/mol. The molecule has 0 bridgehead atoms. The van der Waals surface area contributed by atoms with Crippen LogP contribution in [-0.4, -0.2) is 11.5 Å². The zero-order valence-corrected chi connectivity index (χ0v) is 9.90. The third-order valence-corrected chi connectivity index (χ3v) is 2.40. The fourth-order valence-electron chi connectivity index (χ4n) is 1.36. The zero-order valence-electron chi connectivity index (χ0n) is 9.90. The first kappa shape index (κ1) is 12.5. The van der Waals surface area contributed by atoms with Gasteiger partial charge >= 0.3 is 0 Å². The molecule has 0 unspecified atom stereocenters. The van der Waals surface area contributed by atoms with E-state index in [0.717, 1.165) is 6.42 Å². The van der Waals surface area contributed by atoms with Gasteiger partial charge in [0.2, 0.25) is 0 Å². The minimum atomic E-state index is -0.384. The Morgan fingerprint density at radius 1 is 1.44 bits per heavy atom. The van der Waals surface area contributed by atoms with E-state index in [2.05, 4.69) is 13.8 Å². The Kier molecular flexibility index (Phi) is 4.28. The van der Waals surface area contributed by atoms with Gasteiger partial charge in [-0.15, -0.1) is 0 Å². The summed E-state index contributed by atoms with van der Waals surface area (Å²) in [6.45, 7) is 6.54. The summed E-state index contributed by atoms with van der Waals surface area (Å²) in [6, 6.07) is 4.91. The molecular formula is C12H17NO3. The van der Waals surface area contributed by atoms with E-state index >= 15 is 0 Å². The lowest BCUT2D eigenvalue weighted by molar-refractivity contribution is -0.385. The van der Waals surface area contributed by atoms with Gasteiger partial charge in [-0.2, -0.15) is 0 Å². The summed E-state index contributed by atoms with van der Waals surface area (Å²) in [4.78, 5) is 10.3. The molecule has 0 heterocycles. The second kappa shape index (κ2) is 5.49. The lowest BCUT2D eigenvalue weighted by atomic mass is 10.1. The van der Waals surface area contributed by atoms with Gasteiger partial charge in [-0.3, -0.25) is 10.1 Å². The number of rotatable bonds is 5. The molecule has 0 spiro atoms. The van der Waals surface area contributed by atoms with E-state index in [1.807, 2.05) is 0 Å². The molecule has 4 nitrogen and oxygen atoms in total. The molecule has 0 fully saturated rings. The van der Waals surface area contributed by atoms with Crippen molar-refractivity contribution in [1.29, 1.82) is 0 Å². The smallest absolute Gasteiger partial charge is 0.276 e. The van der Waals surface area contributed by atoms with E-state index in [9.17, 15) is 10.1 Å². The third kappa shape index (κ3) is 3.22. The number of nitro benzene ring substituents is 1. The predicted molar refractivity (Wildman–Crippen MR) is 62.8 cm³/mol. The van der Waals surface area contributed by atoms with Crippen LogP contribution in [0.3, 0.4) is 0 Å². The van der Waals surface area contributed by atoms with Crippen LogP contribution in [0.15, 0.2) is 18.2 Å². The molecule has 0 aliphatic carbocycles. The van der Waals surface area contributed by atoms with E-state index in [1.54, 1.807) is 19.1 Å². The maximum atomic E-state index is 10.7. The van der Waals surface area contributed by atoms with Crippen LogP contribution in [0.5, 0.6) is 5.75 Å². The normalized spacial score (nSPS) is 10.5. The second-order valence-electron chi connectivity index (χ2n) is 4.19. The quantitative estimate of drug-likeness (QED) is 0.568. The SMILES string of the molecule is Cc1c(OCCC(C)C)cccc1[N+](=O)[O-]. The van der Waals surface area contributed by atoms with Gasteiger partial charge < -0.3 is 4.74 Å². The molecule has 88 valence electrons. The predicted octanol–water partition coefficient (Wildman–Crippen LogP) is 3.33. The van der Waals surface area contributed by atoms with Crippen molar-refractivity contribution in [2.75, 3.05) is 6.61 Å². The first-order chi connectivity index (χ1) is 7.52. The van der Waals surface area contributed by atoms with Crippen molar-refractivity contribution in [3.8, 4) is 5.75 Å². The molecule has 16 heavy (non-hydrogen) atoms. The molecule has 0 saturated heterocycles. The summed E-state index contributed by atoms with van der Waals surface area (Å²) in [7, 11) is 0. The molecule has 1 rings (SSSR count). The van der Waals surface area contributed by atoms with Gasteiger partial charge in [-0.05, 0) is 25.3 Å². The number of nitrogens with zero attached hydrogens (tertiary/aromatic N) is 1. The van der Waals surface area contributed by atoms with Crippen molar-refractivity contribution in [2.24, 2.45) is 5.92 Å². The van der Waals surface area contributed by atoms with Crippen molar-refractivity contribution in [3.05, 3.63) is 33.9 Å². The topological polar surface area (TPSA) is 52.4 Å². The van der Waals surface area contributed by atoms with E-state index in [1.165, 1.54) is 6.07 Å². The van der Waals surface area contributed by atoms with Crippen LogP contribution in [0, 0.1) is 23.0 Å². The maximum absolute atomic E-state index is 10.7. The lowest BCUT2D eigenvalue weighted by Crippen LogP contribution is -2.03. The zero-order chi connectivity index (χ0) is 12.1. The Morgan fingerprint density at radius 2 is 2.12 bits per heavy atom. The minimum absolute atomic E-state index is 0.113. The Balaban J connectivity index is 2.73. The molecular weight excluding hydrogens is 206 g/mol. The molecule has 0 aliphatic heterocycles. The number of nitro groups is 1. The number of hydrogen-bond donors (Lipinski definition) is 0. The fraction of sp³-hybridized carbons (Fsp3) is 0.500. The summed E-state index contributed by atoms with van der Waals surface area (Å²) in [5.41, 5.74) is 0.707. The molecule has 0 radical (unpaired) electrons. The van der Waals surface area contributed by atoms with E-state index in [0.29, 0.717) is 23.8 Å². The first-order valence-corrected chi connectivity index (χ1v) is 5.39. The van der Waals surface area contributed by atoms with Gasteiger partial charge in [-0.1, -0.05) is 19.9 Å². The van der Waals surface area contributed by atoms with E-state index in [-0.39, 0.29) is 10.6 Å². The van der Waals surface area contributed by atoms with Gasteiger partial charge in [0.05, 0.1) is 17.1 Å². The Bertz CT molecular complexity index is 375. The van der Waals surface area contributed by atoms with Crippen molar-refractivity contribution < 1.29 is 9.66 Å². The molecule has 0 aromatic heterocycles. The molecule has 1 aromatic carbocycles. The number of ether oxygens (including phenoxy) is 1. The van der Waals surface area contributed by atoms with Crippen LogP contribution in [0.1, 0.15) is 25.8 Å². The van der Waals surface area contributed by atoms with Gasteiger partial charge in [0.25, 0.3) is 5.69 Å². The highest BCUT2D eigenvalue weighted by molar-refractivity contribution is 5.48. The van der Waals surface area contributed by atoms with Crippen LogP contribution in [0.4, 0.5) is 5.69 Å². The Hall–Kier alpha value is -1.58. The van der Waals surface area contributed by atoms with Crippen molar-refractivity contribution >= 4 is 5.69 Å². The Labute approximate surface area is 95.4 Å². The van der Waals surface area contributed by atoms with Gasteiger partial charge in [0.1, 0.15) is 5.75 Å². The summed E-state index contributed by atoms with van der Waals surface area (Å²) in [5, 5.41) is 10.7. The number of benzene rings is 1.